The molecule has 1 aromatic carbocycles. The lowest BCUT2D eigenvalue weighted by Gasteiger charge is -2.18. The van der Waals surface area contributed by atoms with E-state index in [4.69, 9.17) is 11.6 Å². The summed E-state index contributed by atoms with van der Waals surface area (Å²) in [6.45, 7) is 4.19. The maximum absolute atomic E-state index is 11.5. The molecule has 1 aromatic rings. The van der Waals surface area contributed by atoms with Crippen molar-refractivity contribution in [1.82, 2.24) is 5.32 Å². The highest BCUT2D eigenvalue weighted by Gasteiger charge is 2.15. The zero-order valence-corrected chi connectivity index (χ0v) is 12.8. The van der Waals surface area contributed by atoms with Gasteiger partial charge < -0.3 is 5.32 Å². The van der Waals surface area contributed by atoms with Crippen LogP contribution in [0.1, 0.15) is 50.2 Å². The molecule has 0 aliphatic heterocycles. The lowest BCUT2D eigenvalue weighted by atomic mass is 9.88. The van der Waals surface area contributed by atoms with Gasteiger partial charge in [-0.15, -0.1) is 11.6 Å². The van der Waals surface area contributed by atoms with Crippen LogP contribution in [0.4, 0.5) is 0 Å². The zero-order chi connectivity index (χ0) is 14.3. The second-order valence-electron chi connectivity index (χ2n) is 5.07. The fourth-order valence-electron chi connectivity index (χ4n) is 2.31. The van der Waals surface area contributed by atoms with Crippen molar-refractivity contribution >= 4 is 17.5 Å². The molecule has 0 heterocycles. The van der Waals surface area contributed by atoms with Crippen LogP contribution >= 0.6 is 11.6 Å². The first-order valence-electron chi connectivity index (χ1n) is 6.98. The molecule has 0 aliphatic rings. The van der Waals surface area contributed by atoms with Gasteiger partial charge in [-0.1, -0.05) is 38.1 Å². The average molecular weight is 282 g/mol. The Kier molecular flexibility index (Phi) is 6.93. The maximum Gasteiger partial charge on any atom is 0.222 e. The van der Waals surface area contributed by atoms with Crippen molar-refractivity contribution in [2.75, 3.05) is 7.05 Å². The third kappa shape index (κ3) is 4.87. The predicted octanol–water partition coefficient (Wildman–Crippen LogP) is 4.08. The van der Waals surface area contributed by atoms with E-state index in [0.717, 1.165) is 24.8 Å². The molecule has 0 fully saturated rings. The van der Waals surface area contributed by atoms with Gasteiger partial charge in [0.05, 0.1) is 0 Å². The van der Waals surface area contributed by atoms with Gasteiger partial charge in [0.25, 0.3) is 0 Å². The van der Waals surface area contributed by atoms with Gasteiger partial charge >= 0.3 is 0 Å². The summed E-state index contributed by atoms with van der Waals surface area (Å²) in [6, 6.07) is 8.51. The van der Waals surface area contributed by atoms with E-state index in [1.54, 1.807) is 7.05 Å². The van der Waals surface area contributed by atoms with Crippen molar-refractivity contribution < 1.29 is 4.79 Å². The molecule has 0 bridgehead atoms. The number of carbonyl (C=O) groups is 1. The van der Waals surface area contributed by atoms with E-state index in [1.807, 2.05) is 6.92 Å². The molecule has 106 valence electrons. The van der Waals surface area contributed by atoms with Gasteiger partial charge in [-0.3, -0.25) is 4.79 Å². The number of benzene rings is 1. The smallest absolute Gasteiger partial charge is 0.222 e. The fourth-order valence-corrected chi connectivity index (χ4v) is 2.49. The summed E-state index contributed by atoms with van der Waals surface area (Å²) < 4.78 is 0. The first-order valence-corrected chi connectivity index (χ1v) is 7.52. The number of hydrogen-bond acceptors (Lipinski definition) is 1. The molecule has 0 spiro atoms. The zero-order valence-electron chi connectivity index (χ0n) is 12.1. The van der Waals surface area contributed by atoms with Crippen molar-refractivity contribution in [3.05, 3.63) is 35.4 Å². The lowest BCUT2D eigenvalue weighted by molar-refractivity contribution is -0.124. The molecule has 19 heavy (non-hydrogen) atoms. The number of hydrogen-bond donors (Lipinski definition) is 1. The van der Waals surface area contributed by atoms with Gasteiger partial charge in [0.15, 0.2) is 0 Å². The van der Waals surface area contributed by atoms with Crippen molar-refractivity contribution in [2.24, 2.45) is 5.92 Å². The molecule has 0 saturated carbocycles. The second-order valence-corrected chi connectivity index (χ2v) is 5.34. The summed E-state index contributed by atoms with van der Waals surface area (Å²) in [5.41, 5.74) is 2.50. The topological polar surface area (TPSA) is 29.1 Å². The molecule has 3 heteroatoms. The van der Waals surface area contributed by atoms with E-state index in [2.05, 4.69) is 36.5 Å². The molecule has 0 radical (unpaired) electrons. The largest absolute Gasteiger partial charge is 0.359 e. The van der Waals surface area contributed by atoms with Gasteiger partial charge in [0.2, 0.25) is 5.91 Å². The SMILES string of the molecule is CCC(CCC(C)C(=O)NC)c1ccc(CCl)cc1. The molecular weight excluding hydrogens is 258 g/mol. The van der Waals surface area contributed by atoms with Crippen LogP contribution in [0.3, 0.4) is 0 Å². The van der Waals surface area contributed by atoms with E-state index in [-0.39, 0.29) is 11.8 Å². The highest BCUT2D eigenvalue weighted by atomic mass is 35.5. The number of nitrogens with one attached hydrogen (secondary N) is 1. The highest BCUT2D eigenvalue weighted by Crippen LogP contribution is 2.27. The van der Waals surface area contributed by atoms with E-state index >= 15 is 0 Å². The number of alkyl halides is 1. The third-order valence-corrected chi connectivity index (χ3v) is 4.05. The lowest BCUT2D eigenvalue weighted by Crippen LogP contribution is -2.25. The molecule has 1 amide bonds. The summed E-state index contributed by atoms with van der Waals surface area (Å²) in [5, 5.41) is 2.71. The molecule has 2 atom stereocenters. The molecule has 1 N–H and O–H groups in total. The Bertz CT molecular complexity index is 388. The molecule has 0 aliphatic carbocycles. The van der Waals surface area contributed by atoms with Crippen LogP contribution < -0.4 is 5.32 Å². The summed E-state index contributed by atoms with van der Waals surface area (Å²) in [4.78, 5) is 11.5. The van der Waals surface area contributed by atoms with Crippen LogP contribution in [0.25, 0.3) is 0 Å². The van der Waals surface area contributed by atoms with Crippen LogP contribution in [0, 0.1) is 5.92 Å². The Hall–Kier alpha value is -1.02. The maximum atomic E-state index is 11.5. The van der Waals surface area contributed by atoms with Crippen LogP contribution in [0.2, 0.25) is 0 Å². The molecule has 0 aromatic heterocycles. The average Bonchev–Trinajstić information content (AvgIpc) is 2.47. The molecular formula is C16H24ClNO. The van der Waals surface area contributed by atoms with Crippen LogP contribution in [-0.4, -0.2) is 13.0 Å². The summed E-state index contributed by atoms with van der Waals surface area (Å²) in [7, 11) is 1.70. The Morgan fingerprint density at radius 3 is 2.37 bits per heavy atom. The van der Waals surface area contributed by atoms with Crippen LogP contribution in [0.15, 0.2) is 24.3 Å². The monoisotopic (exact) mass is 281 g/mol. The van der Waals surface area contributed by atoms with Gasteiger partial charge in [0, 0.05) is 18.8 Å². The van der Waals surface area contributed by atoms with Gasteiger partial charge in [-0.25, -0.2) is 0 Å². The van der Waals surface area contributed by atoms with E-state index in [9.17, 15) is 4.79 Å². The van der Waals surface area contributed by atoms with Gasteiger partial charge in [-0.05, 0) is 36.3 Å². The van der Waals surface area contributed by atoms with E-state index < -0.39 is 0 Å². The normalized spacial score (nSPS) is 13.9. The fraction of sp³-hybridized carbons (Fsp3) is 0.562. The Balaban J connectivity index is 2.59. The number of amides is 1. The van der Waals surface area contributed by atoms with Crippen molar-refractivity contribution in [3.8, 4) is 0 Å². The minimum absolute atomic E-state index is 0.0844. The van der Waals surface area contributed by atoms with Gasteiger partial charge in [0.1, 0.15) is 0 Å². The minimum Gasteiger partial charge on any atom is -0.359 e. The Morgan fingerprint density at radius 2 is 1.89 bits per heavy atom. The number of halogens is 1. The molecule has 2 unspecified atom stereocenters. The first-order chi connectivity index (χ1) is 9.12. The Labute approximate surface area is 121 Å². The second kappa shape index (κ2) is 8.21. The first kappa shape index (κ1) is 16.0. The van der Waals surface area contributed by atoms with E-state index in [0.29, 0.717) is 11.8 Å². The quantitative estimate of drug-likeness (QED) is 0.750. The molecule has 2 nitrogen and oxygen atoms in total. The van der Waals surface area contributed by atoms with E-state index in [1.165, 1.54) is 5.56 Å². The summed E-state index contributed by atoms with van der Waals surface area (Å²) >= 11 is 5.80. The van der Waals surface area contributed by atoms with Crippen molar-refractivity contribution in [3.63, 3.8) is 0 Å². The van der Waals surface area contributed by atoms with Crippen LogP contribution in [0.5, 0.6) is 0 Å². The number of carbonyl (C=O) groups excluding carboxylic acids is 1. The minimum atomic E-state index is 0.0844. The predicted molar refractivity (Wildman–Crippen MR) is 81.5 cm³/mol. The summed E-state index contributed by atoms with van der Waals surface area (Å²) in [5.74, 6) is 1.30. The highest BCUT2D eigenvalue weighted by molar-refractivity contribution is 6.17. The van der Waals surface area contributed by atoms with Crippen molar-refractivity contribution in [1.29, 1.82) is 0 Å². The molecule has 1 rings (SSSR count). The van der Waals surface area contributed by atoms with Crippen molar-refractivity contribution in [2.45, 2.75) is 44.9 Å². The van der Waals surface area contributed by atoms with Gasteiger partial charge in [-0.2, -0.15) is 0 Å². The standard InChI is InChI=1S/C16H24ClNO/c1-4-14(8-5-12(2)16(19)18-3)15-9-6-13(11-17)7-10-15/h6-7,9-10,12,14H,4-5,8,11H2,1-3H3,(H,18,19). The Morgan fingerprint density at radius 1 is 1.26 bits per heavy atom. The number of rotatable bonds is 7. The molecule has 0 saturated heterocycles. The third-order valence-electron chi connectivity index (χ3n) is 3.74. The summed E-state index contributed by atoms with van der Waals surface area (Å²) in [6.07, 6.45) is 3.07. The van der Waals surface area contributed by atoms with Crippen LogP contribution in [-0.2, 0) is 10.7 Å².